The van der Waals surface area contributed by atoms with E-state index in [1.54, 1.807) is 0 Å². The van der Waals surface area contributed by atoms with Crippen molar-refractivity contribution < 1.29 is 18.9 Å². The minimum atomic E-state index is -4.74. The summed E-state index contributed by atoms with van der Waals surface area (Å²) in [5, 5.41) is 0. The van der Waals surface area contributed by atoms with Gasteiger partial charge in [-0.3, -0.25) is 0 Å². The van der Waals surface area contributed by atoms with Crippen molar-refractivity contribution >= 4 is 45.6 Å². The molecule has 0 amide bonds. The number of hydrogen-bond donors (Lipinski definition) is 0. The summed E-state index contributed by atoms with van der Waals surface area (Å²) in [6.07, 6.45) is 10.3. The molecule has 0 radical (unpaired) electrons. The van der Waals surface area contributed by atoms with E-state index in [2.05, 4.69) is 11.4 Å². The van der Waals surface area contributed by atoms with Gasteiger partial charge in [0.25, 0.3) is 0 Å². The molecule has 17 heavy (non-hydrogen) atoms. The van der Waals surface area contributed by atoms with Crippen LogP contribution in [0.15, 0.2) is 0 Å². The van der Waals surface area contributed by atoms with Gasteiger partial charge in [-0.25, -0.2) is 0 Å². The molecule has 6 heteroatoms. The molecule has 0 bridgehead atoms. The summed E-state index contributed by atoms with van der Waals surface area (Å²) < 4.78 is 14.3. The van der Waals surface area contributed by atoms with Crippen LogP contribution >= 0.6 is 7.82 Å². The van der Waals surface area contributed by atoms with Gasteiger partial charge in [-0.05, 0) is 6.42 Å². The van der Waals surface area contributed by atoms with E-state index in [1.165, 1.54) is 38.5 Å². The van der Waals surface area contributed by atoms with Gasteiger partial charge in [-0.2, -0.15) is 0 Å². The van der Waals surface area contributed by atoms with Gasteiger partial charge in [-0.15, -0.1) is 0 Å². The Morgan fingerprint density at radius 1 is 0.882 bits per heavy atom. The molecule has 0 aromatic carbocycles. The van der Waals surface area contributed by atoms with Crippen LogP contribution in [0.5, 0.6) is 0 Å². The smallest absolute Gasteiger partial charge is 0.790 e. The van der Waals surface area contributed by atoms with Crippen LogP contribution in [0.25, 0.3) is 0 Å². The minimum absolute atomic E-state index is 0. The van der Waals surface area contributed by atoms with Crippen molar-refractivity contribution in [3.63, 3.8) is 0 Å². The van der Waals surface area contributed by atoms with E-state index < -0.39 is 7.82 Å². The fourth-order valence-corrected chi connectivity index (χ4v) is 1.94. The van der Waals surface area contributed by atoms with Crippen LogP contribution in [0.2, 0.25) is 0 Å². The minimum Gasteiger partial charge on any atom is -0.790 e. The normalized spacial score (nSPS) is 11.2. The van der Waals surface area contributed by atoms with Gasteiger partial charge in [0.1, 0.15) is 0 Å². The zero-order chi connectivity index (χ0) is 12.3. The van der Waals surface area contributed by atoms with Gasteiger partial charge in [-0.1, -0.05) is 58.3 Å². The Balaban J connectivity index is 0. The summed E-state index contributed by atoms with van der Waals surface area (Å²) in [6, 6.07) is 0. The second kappa shape index (κ2) is 13.8. The van der Waals surface area contributed by atoms with E-state index in [1.807, 2.05) is 0 Å². The summed E-state index contributed by atoms with van der Waals surface area (Å²) in [7, 11) is -4.74. The summed E-state index contributed by atoms with van der Waals surface area (Å²) >= 11 is 0. The number of rotatable bonds is 11. The average Bonchev–Trinajstić information content (AvgIpc) is 2.19. The van der Waals surface area contributed by atoms with Crippen molar-refractivity contribution in [1.82, 2.24) is 0 Å². The van der Waals surface area contributed by atoms with Crippen molar-refractivity contribution in [3.05, 3.63) is 0 Å². The fraction of sp³-hybridized carbons (Fsp3) is 1.00. The first-order chi connectivity index (χ1) is 7.56. The topological polar surface area (TPSA) is 72.4 Å². The van der Waals surface area contributed by atoms with E-state index in [4.69, 9.17) is 0 Å². The standard InChI is InChI=1S/C11H25O4P.Ca/c1-2-3-4-5-6-7-8-9-10-11-15-16(12,13)14;/h2-11H2,1H3,(H2,12,13,14);/q;+2/p-2. The Kier molecular flexibility index (Phi) is 16.8. The Morgan fingerprint density at radius 2 is 1.29 bits per heavy atom. The third kappa shape index (κ3) is 19.9. The van der Waals surface area contributed by atoms with Crippen LogP contribution < -0.4 is 9.79 Å². The molecule has 0 unspecified atom stereocenters. The van der Waals surface area contributed by atoms with Gasteiger partial charge < -0.3 is 18.9 Å². The molecule has 0 saturated carbocycles. The summed E-state index contributed by atoms with van der Waals surface area (Å²) in [5.74, 6) is 0. The van der Waals surface area contributed by atoms with E-state index in [9.17, 15) is 14.4 Å². The first kappa shape index (κ1) is 20.7. The van der Waals surface area contributed by atoms with E-state index in [0.717, 1.165) is 12.8 Å². The molecule has 0 aliphatic heterocycles. The molecule has 0 aliphatic carbocycles. The molecule has 0 aromatic rings. The Bertz CT molecular complexity index is 196. The van der Waals surface area contributed by atoms with Gasteiger partial charge >= 0.3 is 37.7 Å². The van der Waals surface area contributed by atoms with E-state index in [-0.39, 0.29) is 44.3 Å². The monoisotopic (exact) mass is 290 g/mol. The van der Waals surface area contributed by atoms with Crippen LogP contribution in [-0.2, 0) is 9.09 Å². The Hall–Kier alpha value is 1.37. The molecule has 0 aromatic heterocycles. The zero-order valence-electron chi connectivity index (χ0n) is 10.9. The maximum Gasteiger partial charge on any atom is 2.00 e. The first-order valence-electron chi connectivity index (χ1n) is 6.23. The van der Waals surface area contributed by atoms with Crippen molar-refractivity contribution in [3.8, 4) is 0 Å². The van der Waals surface area contributed by atoms with Gasteiger partial charge in [0, 0.05) is 0 Å². The average molecular weight is 290 g/mol. The van der Waals surface area contributed by atoms with Gasteiger partial charge in [0.05, 0.1) is 14.4 Å². The fourth-order valence-electron chi connectivity index (χ4n) is 1.59. The SMILES string of the molecule is CCCCCCCCCCCOP(=O)([O-])[O-].[Ca+2]. The molecule has 4 nitrogen and oxygen atoms in total. The largest absolute Gasteiger partial charge is 2.00 e. The molecule has 0 spiro atoms. The molecular weight excluding hydrogens is 267 g/mol. The van der Waals surface area contributed by atoms with Crippen LogP contribution in [0, 0.1) is 0 Å². The molecule has 0 heterocycles. The van der Waals surface area contributed by atoms with E-state index in [0.29, 0.717) is 6.42 Å². The van der Waals surface area contributed by atoms with Crippen LogP contribution in [0.4, 0.5) is 0 Å². The maximum atomic E-state index is 10.1. The second-order valence-electron chi connectivity index (χ2n) is 4.11. The molecule has 0 rings (SSSR count). The molecule has 0 fully saturated rings. The van der Waals surface area contributed by atoms with Gasteiger partial charge in [0.15, 0.2) is 0 Å². The number of phosphoric ester groups is 1. The molecule has 0 aliphatic rings. The van der Waals surface area contributed by atoms with Crippen LogP contribution in [0.1, 0.15) is 64.7 Å². The molecule has 0 atom stereocenters. The quantitative estimate of drug-likeness (QED) is 0.331. The molecular formula is C11H23CaO4P. The van der Waals surface area contributed by atoms with Crippen molar-refractivity contribution in [1.29, 1.82) is 0 Å². The van der Waals surface area contributed by atoms with Crippen molar-refractivity contribution in [2.24, 2.45) is 0 Å². The van der Waals surface area contributed by atoms with Crippen LogP contribution in [0.3, 0.4) is 0 Å². The Morgan fingerprint density at radius 3 is 1.71 bits per heavy atom. The van der Waals surface area contributed by atoms with Crippen LogP contribution in [-0.4, -0.2) is 44.3 Å². The maximum absolute atomic E-state index is 10.1. The predicted molar refractivity (Wildman–Crippen MR) is 66.5 cm³/mol. The molecule has 0 N–H and O–H groups in total. The van der Waals surface area contributed by atoms with Crippen molar-refractivity contribution in [2.75, 3.05) is 6.61 Å². The van der Waals surface area contributed by atoms with Gasteiger partial charge in [0.2, 0.25) is 0 Å². The number of hydrogen-bond acceptors (Lipinski definition) is 4. The summed E-state index contributed by atoms with van der Waals surface area (Å²) in [5.41, 5.74) is 0. The third-order valence-corrected chi connectivity index (χ3v) is 3.00. The molecule has 0 saturated heterocycles. The third-order valence-electron chi connectivity index (χ3n) is 2.50. The zero-order valence-corrected chi connectivity index (χ0v) is 14.0. The summed E-state index contributed by atoms with van der Waals surface area (Å²) in [4.78, 5) is 20.2. The van der Waals surface area contributed by atoms with Crippen molar-refractivity contribution in [2.45, 2.75) is 64.7 Å². The number of phosphoric acid groups is 1. The summed E-state index contributed by atoms with van der Waals surface area (Å²) in [6.45, 7) is 2.24. The number of unbranched alkanes of at least 4 members (excludes halogenated alkanes) is 8. The first-order valence-corrected chi connectivity index (χ1v) is 7.69. The van der Waals surface area contributed by atoms with E-state index >= 15 is 0 Å². The predicted octanol–water partition coefficient (Wildman–Crippen LogP) is 1.98. The second-order valence-corrected chi connectivity index (χ2v) is 5.26. The Labute approximate surface area is 135 Å². The molecule has 98 valence electrons.